The maximum Gasteiger partial charge on any atom is 0.228 e. The van der Waals surface area contributed by atoms with Gasteiger partial charge in [-0.1, -0.05) is 32.9 Å². The number of nitrogens with two attached hydrogens (primary N) is 1. The zero-order valence-corrected chi connectivity index (χ0v) is 13.4. The van der Waals surface area contributed by atoms with E-state index in [2.05, 4.69) is 20.5 Å². The third kappa shape index (κ3) is 3.51. The van der Waals surface area contributed by atoms with Gasteiger partial charge in [-0.25, -0.2) is 4.98 Å². The van der Waals surface area contributed by atoms with Gasteiger partial charge in [0, 0.05) is 17.5 Å². The average Bonchev–Trinajstić information content (AvgIpc) is 2.96. The number of carbonyl (C=O) groups is 1. The summed E-state index contributed by atoms with van der Waals surface area (Å²) in [5.41, 5.74) is 7.26. The average molecular weight is 301 g/mol. The molecule has 0 aliphatic heterocycles. The number of para-hydroxylation sites is 1. The van der Waals surface area contributed by atoms with E-state index in [1.54, 1.807) is 0 Å². The number of amides is 1. The molecule has 0 aliphatic rings. The van der Waals surface area contributed by atoms with Gasteiger partial charge in [-0.05, 0) is 19.1 Å². The van der Waals surface area contributed by atoms with Crippen LogP contribution in [0.2, 0.25) is 0 Å². The first-order valence-corrected chi connectivity index (χ1v) is 7.48. The SMILES string of the molecule is CC(C)c1nc(-c2ccccc2NC(=O)C(C)C(C)N)n[nH]1. The quantitative estimate of drug-likeness (QED) is 0.790. The summed E-state index contributed by atoms with van der Waals surface area (Å²) < 4.78 is 0. The summed E-state index contributed by atoms with van der Waals surface area (Å²) in [5, 5.41) is 10.1. The van der Waals surface area contributed by atoms with E-state index in [9.17, 15) is 4.79 Å². The van der Waals surface area contributed by atoms with Crippen LogP contribution in [0.4, 0.5) is 5.69 Å². The Morgan fingerprint density at radius 2 is 1.91 bits per heavy atom. The van der Waals surface area contributed by atoms with Crippen LogP contribution in [-0.2, 0) is 4.79 Å². The van der Waals surface area contributed by atoms with Crippen molar-refractivity contribution in [1.82, 2.24) is 15.2 Å². The maximum absolute atomic E-state index is 12.2. The smallest absolute Gasteiger partial charge is 0.228 e. The molecule has 0 spiro atoms. The molecule has 118 valence electrons. The van der Waals surface area contributed by atoms with Crippen molar-refractivity contribution >= 4 is 11.6 Å². The van der Waals surface area contributed by atoms with Gasteiger partial charge in [0.2, 0.25) is 5.91 Å². The fourth-order valence-electron chi connectivity index (χ4n) is 1.93. The molecule has 2 unspecified atom stereocenters. The van der Waals surface area contributed by atoms with Crippen molar-refractivity contribution in [3.63, 3.8) is 0 Å². The highest BCUT2D eigenvalue weighted by atomic mass is 16.1. The Kier molecular flexibility index (Phi) is 4.92. The van der Waals surface area contributed by atoms with Gasteiger partial charge in [-0.2, -0.15) is 5.10 Å². The molecule has 1 heterocycles. The number of H-pyrrole nitrogens is 1. The molecule has 2 atom stereocenters. The van der Waals surface area contributed by atoms with E-state index < -0.39 is 0 Å². The van der Waals surface area contributed by atoms with Crippen LogP contribution in [0.25, 0.3) is 11.4 Å². The van der Waals surface area contributed by atoms with Gasteiger partial charge >= 0.3 is 0 Å². The van der Waals surface area contributed by atoms with Crippen molar-refractivity contribution in [2.45, 2.75) is 39.7 Å². The normalized spacial score (nSPS) is 13.9. The molecule has 6 heteroatoms. The Bertz CT molecular complexity index is 647. The second-order valence-corrected chi connectivity index (χ2v) is 5.88. The van der Waals surface area contributed by atoms with Gasteiger partial charge < -0.3 is 11.1 Å². The van der Waals surface area contributed by atoms with E-state index in [1.165, 1.54) is 0 Å². The summed E-state index contributed by atoms with van der Waals surface area (Å²) in [4.78, 5) is 16.7. The predicted octanol–water partition coefficient (Wildman–Crippen LogP) is 2.52. The highest BCUT2D eigenvalue weighted by Gasteiger charge is 2.19. The summed E-state index contributed by atoms with van der Waals surface area (Å²) in [5.74, 6) is 1.28. The zero-order chi connectivity index (χ0) is 16.3. The van der Waals surface area contributed by atoms with Gasteiger partial charge in [0.15, 0.2) is 5.82 Å². The molecule has 1 aromatic heterocycles. The predicted molar refractivity (Wildman–Crippen MR) is 87.4 cm³/mol. The number of aromatic nitrogens is 3. The van der Waals surface area contributed by atoms with Crippen LogP contribution < -0.4 is 11.1 Å². The standard InChI is InChI=1S/C16H23N5O/c1-9(2)14-19-15(21-20-14)12-7-5-6-8-13(12)18-16(22)10(3)11(4)17/h5-11H,17H2,1-4H3,(H,18,22)(H,19,20,21). The first-order valence-electron chi connectivity index (χ1n) is 7.48. The van der Waals surface area contributed by atoms with E-state index >= 15 is 0 Å². The van der Waals surface area contributed by atoms with Crippen LogP contribution >= 0.6 is 0 Å². The molecule has 1 aromatic carbocycles. The van der Waals surface area contributed by atoms with Crippen LogP contribution in [0.3, 0.4) is 0 Å². The van der Waals surface area contributed by atoms with Gasteiger partial charge in [-0.15, -0.1) is 0 Å². The highest BCUT2D eigenvalue weighted by Crippen LogP contribution is 2.26. The molecular formula is C16H23N5O. The van der Waals surface area contributed by atoms with Gasteiger partial charge in [0.25, 0.3) is 0 Å². The summed E-state index contributed by atoms with van der Waals surface area (Å²) in [6, 6.07) is 7.28. The van der Waals surface area contributed by atoms with Crippen LogP contribution in [0.5, 0.6) is 0 Å². The van der Waals surface area contributed by atoms with Crippen molar-refractivity contribution in [1.29, 1.82) is 0 Å². The fraction of sp³-hybridized carbons (Fsp3) is 0.438. The molecule has 0 fully saturated rings. The molecule has 22 heavy (non-hydrogen) atoms. The number of benzene rings is 1. The van der Waals surface area contributed by atoms with Crippen LogP contribution in [0.1, 0.15) is 39.4 Å². The molecular weight excluding hydrogens is 278 g/mol. The fourth-order valence-corrected chi connectivity index (χ4v) is 1.93. The van der Waals surface area contributed by atoms with Crippen molar-refractivity contribution in [3.8, 4) is 11.4 Å². The Labute approximate surface area is 130 Å². The molecule has 0 aliphatic carbocycles. The maximum atomic E-state index is 12.2. The number of anilines is 1. The van der Waals surface area contributed by atoms with Crippen molar-refractivity contribution in [2.75, 3.05) is 5.32 Å². The van der Waals surface area contributed by atoms with E-state index in [4.69, 9.17) is 5.73 Å². The minimum atomic E-state index is -0.272. The lowest BCUT2D eigenvalue weighted by molar-refractivity contribution is -0.119. The molecule has 0 saturated carbocycles. The minimum Gasteiger partial charge on any atom is -0.327 e. The van der Waals surface area contributed by atoms with Gasteiger partial charge in [-0.3, -0.25) is 9.89 Å². The van der Waals surface area contributed by atoms with E-state index in [0.717, 1.165) is 11.4 Å². The summed E-state index contributed by atoms with van der Waals surface area (Å²) in [6.45, 7) is 7.72. The second-order valence-electron chi connectivity index (χ2n) is 5.88. The molecule has 0 radical (unpaired) electrons. The lowest BCUT2D eigenvalue weighted by Crippen LogP contribution is -2.34. The largest absolute Gasteiger partial charge is 0.327 e. The minimum absolute atomic E-state index is 0.109. The van der Waals surface area contributed by atoms with E-state index in [0.29, 0.717) is 11.5 Å². The lowest BCUT2D eigenvalue weighted by atomic mass is 10.0. The zero-order valence-electron chi connectivity index (χ0n) is 13.4. The van der Waals surface area contributed by atoms with Crippen LogP contribution in [0, 0.1) is 5.92 Å². The summed E-state index contributed by atoms with van der Waals surface area (Å²) >= 11 is 0. The van der Waals surface area contributed by atoms with Crippen LogP contribution in [0.15, 0.2) is 24.3 Å². The highest BCUT2D eigenvalue weighted by molar-refractivity contribution is 5.96. The topological polar surface area (TPSA) is 96.7 Å². The third-order valence-electron chi connectivity index (χ3n) is 3.68. The molecule has 2 aromatic rings. The number of carbonyl (C=O) groups excluding carboxylic acids is 1. The van der Waals surface area contributed by atoms with Crippen LogP contribution in [-0.4, -0.2) is 27.1 Å². The number of hydrogen-bond acceptors (Lipinski definition) is 4. The van der Waals surface area contributed by atoms with Gasteiger partial charge in [0.05, 0.1) is 11.6 Å². The Balaban J connectivity index is 2.28. The Hall–Kier alpha value is -2.21. The Morgan fingerprint density at radius 1 is 1.23 bits per heavy atom. The molecule has 0 saturated heterocycles. The molecule has 6 nitrogen and oxygen atoms in total. The number of rotatable bonds is 5. The van der Waals surface area contributed by atoms with Gasteiger partial charge in [0.1, 0.15) is 5.82 Å². The molecule has 4 N–H and O–H groups in total. The van der Waals surface area contributed by atoms with E-state index in [-0.39, 0.29) is 23.8 Å². The monoisotopic (exact) mass is 301 g/mol. The van der Waals surface area contributed by atoms with Crippen molar-refractivity contribution < 1.29 is 4.79 Å². The molecule has 1 amide bonds. The van der Waals surface area contributed by atoms with Crippen molar-refractivity contribution in [3.05, 3.63) is 30.1 Å². The first-order chi connectivity index (χ1) is 10.4. The molecule has 2 rings (SSSR count). The Morgan fingerprint density at radius 3 is 2.50 bits per heavy atom. The number of nitrogens with zero attached hydrogens (tertiary/aromatic N) is 2. The number of hydrogen-bond donors (Lipinski definition) is 3. The first kappa shape index (κ1) is 16.2. The lowest BCUT2D eigenvalue weighted by Gasteiger charge is -2.16. The summed E-state index contributed by atoms with van der Waals surface area (Å²) in [6.07, 6.45) is 0. The number of nitrogens with one attached hydrogen (secondary N) is 2. The summed E-state index contributed by atoms with van der Waals surface area (Å²) in [7, 11) is 0. The number of aromatic amines is 1. The molecule has 0 bridgehead atoms. The van der Waals surface area contributed by atoms with E-state index in [1.807, 2.05) is 52.0 Å². The third-order valence-corrected chi connectivity index (χ3v) is 3.68. The second kappa shape index (κ2) is 6.70. The van der Waals surface area contributed by atoms with Crippen molar-refractivity contribution in [2.24, 2.45) is 11.7 Å².